The number of thioether (sulfide) groups is 1. The van der Waals surface area contributed by atoms with Gasteiger partial charge in [0.25, 0.3) is 0 Å². The van der Waals surface area contributed by atoms with Gasteiger partial charge in [0, 0.05) is 42.9 Å². The van der Waals surface area contributed by atoms with Gasteiger partial charge in [0.2, 0.25) is 0 Å². The molecular formula is C15H24N2OS. The quantitative estimate of drug-likeness (QED) is 0.610. The van der Waals surface area contributed by atoms with E-state index < -0.39 is 0 Å². The van der Waals surface area contributed by atoms with E-state index in [9.17, 15) is 0 Å². The number of morpholine rings is 1. The van der Waals surface area contributed by atoms with Crippen LogP contribution in [0.1, 0.15) is 6.92 Å². The van der Waals surface area contributed by atoms with E-state index in [2.05, 4.69) is 47.5 Å². The Balaban J connectivity index is 1.55. The molecule has 0 aromatic heterocycles. The number of hydrogen-bond acceptors (Lipinski definition) is 4. The molecule has 1 fully saturated rings. The molecule has 1 aliphatic rings. The fourth-order valence-electron chi connectivity index (χ4n) is 2.23. The second-order valence-electron chi connectivity index (χ2n) is 4.93. The highest BCUT2D eigenvalue weighted by atomic mass is 32.2. The first kappa shape index (κ1) is 14.9. The van der Waals surface area contributed by atoms with E-state index in [0.29, 0.717) is 6.04 Å². The summed E-state index contributed by atoms with van der Waals surface area (Å²) in [7, 11) is 0. The van der Waals surface area contributed by atoms with E-state index in [1.807, 2.05) is 11.8 Å². The number of ether oxygens (including phenoxy) is 1. The zero-order valence-corrected chi connectivity index (χ0v) is 12.5. The van der Waals surface area contributed by atoms with Crippen LogP contribution in [-0.4, -0.2) is 56.1 Å². The first-order valence-electron chi connectivity index (χ1n) is 7.06. The lowest BCUT2D eigenvalue weighted by Gasteiger charge is -2.29. The highest BCUT2D eigenvalue weighted by Crippen LogP contribution is 2.15. The van der Waals surface area contributed by atoms with Gasteiger partial charge in [0.1, 0.15) is 0 Å². The van der Waals surface area contributed by atoms with Gasteiger partial charge in [-0.25, -0.2) is 0 Å². The molecule has 1 aliphatic heterocycles. The molecule has 0 spiro atoms. The van der Waals surface area contributed by atoms with E-state index in [0.717, 1.165) is 45.1 Å². The average Bonchev–Trinajstić information content (AvgIpc) is 2.46. The van der Waals surface area contributed by atoms with Crippen molar-refractivity contribution < 1.29 is 4.74 Å². The fourth-order valence-corrected chi connectivity index (χ4v) is 3.03. The van der Waals surface area contributed by atoms with Crippen molar-refractivity contribution in [1.29, 1.82) is 0 Å². The first-order chi connectivity index (χ1) is 9.34. The van der Waals surface area contributed by atoms with Crippen LogP contribution in [0.25, 0.3) is 0 Å². The van der Waals surface area contributed by atoms with Gasteiger partial charge in [-0.15, -0.1) is 11.8 Å². The average molecular weight is 280 g/mol. The van der Waals surface area contributed by atoms with Gasteiger partial charge in [0.15, 0.2) is 0 Å². The molecule has 1 atom stereocenters. The lowest BCUT2D eigenvalue weighted by atomic mass is 10.3. The molecule has 1 saturated heterocycles. The third-order valence-electron chi connectivity index (χ3n) is 3.24. The minimum absolute atomic E-state index is 0.550. The van der Waals surface area contributed by atoms with Crippen LogP contribution >= 0.6 is 11.8 Å². The van der Waals surface area contributed by atoms with Crippen LogP contribution in [-0.2, 0) is 4.74 Å². The van der Waals surface area contributed by atoms with Gasteiger partial charge in [-0.05, 0) is 19.1 Å². The highest BCUT2D eigenvalue weighted by molar-refractivity contribution is 7.99. The van der Waals surface area contributed by atoms with Crippen molar-refractivity contribution in [3.05, 3.63) is 30.3 Å². The Hall–Kier alpha value is -0.550. The normalized spacial score (nSPS) is 18.4. The Labute approximate surface area is 120 Å². The maximum absolute atomic E-state index is 5.36. The van der Waals surface area contributed by atoms with Crippen LogP contribution < -0.4 is 5.32 Å². The van der Waals surface area contributed by atoms with Crippen molar-refractivity contribution in [1.82, 2.24) is 10.2 Å². The largest absolute Gasteiger partial charge is 0.379 e. The fraction of sp³-hybridized carbons (Fsp3) is 0.600. The molecule has 0 radical (unpaired) electrons. The van der Waals surface area contributed by atoms with Crippen LogP contribution in [0.15, 0.2) is 35.2 Å². The lowest BCUT2D eigenvalue weighted by Crippen LogP contribution is -2.44. The predicted molar refractivity (Wildman–Crippen MR) is 81.9 cm³/mol. The molecule has 1 aromatic rings. The molecule has 0 aliphatic carbocycles. The van der Waals surface area contributed by atoms with Crippen LogP contribution in [0.2, 0.25) is 0 Å². The smallest absolute Gasteiger partial charge is 0.0594 e. The van der Waals surface area contributed by atoms with Crippen molar-refractivity contribution in [2.75, 3.05) is 45.1 Å². The molecule has 1 N–H and O–H groups in total. The Morgan fingerprint density at radius 3 is 2.74 bits per heavy atom. The summed E-state index contributed by atoms with van der Waals surface area (Å²) in [5.74, 6) is 1.12. The topological polar surface area (TPSA) is 24.5 Å². The summed E-state index contributed by atoms with van der Waals surface area (Å²) in [6.45, 7) is 8.37. The molecule has 3 nitrogen and oxygen atoms in total. The number of rotatable bonds is 7. The van der Waals surface area contributed by atoms with E-state index in [4.69, 9.17) is 4.74 Å². The van der Waals surface area contributed by atoms with E-state index in [1.54, 1.807) is 0 Å². The monoisotopic (exact) mass is 280 g/mol. The summed E-state index contributed by atoms with van der Waals surface area (Å²) in [6, 6.07) is 11.1. The maximum Gasteiger partial charge on any atom is 0.0594 e. The Morgan fingerprint density at radius 1 is 1.26 bits per heavy atom. The van der Waals surface area contributed by atoms with Crippen LogP contribution in [0.5, 0.6) is 0 Å². The standard InChI is InChI=1S/C15H24N2OS/c1-14(13-17-8-10-18-11-9-17)16-7-12-19-15-5-3-2-4-6-15/h2-6,14,16H,7-13H2,1H3. The predicted octanol–water partition coefficient (Wildman–Crippen LogP) is 2.09. The minimum Gasteiger partial charge on any atom is -0.379 e. The van der Waals surface area contributed by atoms with Gasteiger partial charge in [-0.1, -0.05) is 18.2 Å². The van der Waals surface area contributed by atoms with Crippen molar-refractivity contribution in [3.8, 4) is 0 Å². The maximum atomic E-state index is 5.36. The summed E-state index contributed by atoms with van der Waals surface area (Å²) >= 11 is 1.91. The SMILES string of the molecule is CC(CN1CCOCC1)NCCSc1ccccc1. The van der Waals surface area contributed by atoms with E-state index in [1.165, 1.54) is 4.90 Å². The molecule has 0 bridgehead atoms. The summed E-state index contributed by atoms with van der Waals surface area (Å²) in [5, 5.41) is 3.60. The Bertz CT molecular complexity index is 341. The minimum atomic E-state index is 0.550. The molecule has 106 valence electrons. The second-order valence-corrected chi connectivity index (χ2v) is 6.10. The van der Waals surface area contributed by atoms with Gasteiger partial charge in [-0.2, -0.15) is 0 Å². The third-order valence-corrected chi connectivity index (χ3v) is 4.26. The second kappa shape index (κ2) is 8.59. The van der Waals surface area contributed by atoms with Crippen molar-refractivity contribution in [2.45, 2.75) is 17.9 Å². The Morgan fingerprint density at radius 2 is 2.00 bits per heavy atom. The number of nitrogens with one attached hydrogen (secondary N) is 1. The number of hydrogen-bond donors (Lipinski definition) is 1. The van der Waals surface area contributed by atoms with E-state index >= 15 is 0 Å². The van der Waals surface area contributed by atoms with Crippen LogP contribution in [0.4, 0.5) is 0 Å². The number of nitrogens with zero attached hydrogens (tertiary/aromatic N) is 1. The molecular weight excluding hydrogens is 256 g/mol. The van der Waals surface area contributed by atoms with Gasteiger partial charge in [0.05, 0.1) is 13.2 Å². The molecule has 1 heterocycles. The van der Waals surface area contributed by atoms with E-state index in [-0.39, 0.29) is 0 Å². The van der Waals surface area contributed by atoms with Crippen LogP contribution in [0.3, 0.4) is 0 Å². The summed E-state index contributed by atoms with van der Waals surface area (Å²) in [4.78, 5) is 3.83. The van der Waals surface area contributed by atoms with Crippen molar-refractivity contribution in [2.24, 2.45) is 0 Å². The van der Waals surface area contributed by atoms with Gasteiger partial charge in [-0.3, -0.25) is 4.90 Å². The van der Waals surface area contributed by atoms with Gasteiger partial charge >= 0.3 is 0 Å². The molecule has 0 saturated carbocycles. The summed E-state index contributed by atoms with van der Waals surface area (Å²) < 4.78 is 5.36. The third kappa shape index (κ3) is 5.95. The zero-order chi connectivity index (χ0) is 13.3. The lowest BCUT2D eigenvalue weighted by molar-refractivity contribution is 0.0345. The zero-order valence-electron chi connectivity index (χ0n) is 11.7. The number of benzene rings is 1. The van der Waals surface area contributed by atoms with Crippen molar-refractivity contribution in [3.63, 3.8) is 0 Å². The first-order valence-corrected chi connectivity index (χ1v) is 8.04. The molecule has 2 rings (SSSR count). The Kier molecular flexibility index (Phi) is 6.71. The molecule has 4 heteroatoms. The molecule has 19 heavy (non-hydrogen) atoms. The molecule has 1 aromatic carbocycles. The summed E-state index contributed by atoms with van der Waals surface area (Å²) in [6.07, 6.45) is 0. The van der Waals surface area contributed by atoms with Crippen LogP contribution in [0, 0.1) is 0 Å². The molecule has 1 unspecified atom stereocenters. The highest BCUT2D eigenvalue weighted by Gasteiger charge is 2.12. The van der Waals surface area contributed by atoms with Gasteiger partial charge < -0.3 is 10.1 Å². The summed E-state index contributed by atoms with van der Waals surface area (Å²) in [5.41, 5.74) is 0. The van der Waals surface area contributed by atoms with Crippen molar-refractivity contribution >= 4 is 11.8 Å². The molecule has 0 amide bonds.